The zero-order chi connectivity index (χ0) is 34.8. The van der Waals surface area contributed by atoms with Gasteiger partial charge in [-0.05, 0) is 33.3 Å². The molecular weight excluding hydrogens is 630 g/mol. The summed E-state index contributed by atoms with van der Waals surface area (Å²) in [6.45, 7) is 5.96. The number of halogens is 2. The Kier molecular flexibility index (Phi) is 11.9. The van der Waals surface area contributed by atoms with Crippen molar-refractivity contribution in [2.24, 2.45) is 0 Å². The van der Waals surface area contributed by atoms with Crippen molar-refractivity contribution in [3.05, 3.63) is 71.8 Å². The number of amides is 5. The minimum Gasteiger partial charge on any atom is -0.447 e. The minimum atomic E-state index is -1.07. The first-order valence-electron chi connectivity index (χ1n) is 15.5. The molecule has 2 heterocycles. The van der Waals surface area contributed by atoms with Crippen LogP contribution in [0.2, 0.25) is 0 Å². The van der Waals surface area contributed by atoms with Gasteiger partial charge in [-0.25, -0.2) is 23.2 Å². The lowest BCUT2D eigenvalue weighted by atomic mass is 10.1. The summed E-state index contributed by atoms with van der Waals surface area (Å²) >= 11 is 0. The SMILES string of the molecule is CN(C(=O)NCc1cccc(F)c1F)[C@@H](CCC(=O)N1CCN(C(=O)OC(C)(C)C)CC1)COC(=O)Nc1cc(-c2ccccc2)no1. The van der Waals surface area contributed by atoms with Gasteiger partial charge in [-0.3, -0.25) is 10.1 Å². The maximum atomic E-state index is 14.1. The van der Waals surface area contributed by atoms with Crippen molar-refractivity contribution in [3.63, 3.8) is 0 Å². The quantitative estimate of drug-likeness (QED) is 0.298. The number of nitrogens with one attached hydrogen (secondary N) is 2. The van der Waals surface area contributed by atoms with Crippen LogP contribution in [0.3, 0.4) is 0 Å². The predicted octanol–water partition coefficient (Wildman–Crippen LogP) is 5.24. The number of carbonyl (C=O) groups excluding carboxylic acids is 4. The van der Waals surface area contributed by atoms with Crippen LogP contribution >= 0.6 is 0 Å². The highest BCUT2D eigenvalue weighted by atomic mass is 19.2. The number of nitrogens with zero attached hydrogens (tertiary/aromatic N) is 4. The molecule has 0 spiro atoms. The molecule has 1 atom stereocenters. The number of likely N-dealkylation sites (N-methyl/N-ethyl adjacent to an activating group) is 1. The van der Waals surface area contributed by atoms with Crippen LogP contribution in [0.4, 0.5) is 29.0 Å². The van der Waals surface area contributed by atoms with Gasteiger partial charge >= 0.3 is 18.2 Å². The molecule has 1 aliphatic heterocycles. The summed E-state index contributed by atoms with van der Waals surface area (Å²) in [5.41, 5.74) is 0.596. The van der Waals surface area contributed by atoms with Crippen molar-refractivity contribution >= 4 is 30.0 Å². The van der Waals surface area contributed by atoms with Gasteiger partial charge in [-0.1, -0.05) is 47.6 Å². The summed E-state index contributed by atoms with van der Waals surface area (Å²) in [6, 6.07) is 12.9. The van der Waals surface area contributed by atoms with E-state index in [1.807, 2.05) is 30.3 Å². The molecule has 0 saturated carbocycles. The van der Waals surface area contributed by atoms with Crippen molar-refractivity contribution in [2.75, 3.05) is 45.2 Å². The molecule has 0 radical (unpaired) electrons. The normalized spacial score (nSPS) is 13.8. The van der Waals surface area contributed by atoms with Crippen LogP contribution in [0, 0.1) is 11.6 Å². The van der Waals surface area contributed by atoms with Crippen LogP contribution in [0.5, 0.6) is 0 Å². The van der Waals surface area contributed by atoms with Crippen LogP contribution in [0.15, 0.2) is 59.1 Å². The molecule has 0 unspecified atom stereocenters. The predicted molar refractivity (Wildman–Crippen MR) is 171 cm³/mol. The molecule has 1 aromatic heterocycles. The van der Waals surface area contributed by atoms with E-state index in [2.05, 4.69) is 15.8 Å². The van der Waals surface area contributed by atoms with E-state index in [1.165, 1.54) is 30.1 Å². The number of rotatable bonds is 10. The maximum absolute atomic E-state index is 14.1. The van der Waals surface area contributed by atoms with Crippen molar-refractivity contribution in [2.45, 2.75) is 51.8 Å². The summed E-state index contributed by atoms with van der Waals surface area (Å²) in [5, 5.41) is 8.92. The Balaban J connectivity index is 1.35. The lowest BCUT2D eigenvalue weighted by Gasteiger charge is -2.36. The Hall–Kier alpha value is -5.21. The highest BCUT2D eigenvalue weighted by Gasteiger charge is 2.29. The first-order chi connectivity index (χ1) is 22.8. The van der Waals surface area contributed by atoms with Gasteiger partial charge in [0.1, 0.15) is 17.9 Å². The summed E-state index contributed by atoms with van der Waals surface area (Å²) in [6.07, 6.45) is -1.22. The van der Waals surface area contributed by atoms with E-state index in [4.69, 9.17) is 14.0 Å². The van der Waals surface area contributed by atoms with Gasteiger partial charge in [0.15, 0.2) is 11.6 Å². The fraction of sp³-hybridized carbons (Fsp3) is 0.424. The monoisotopic (exact) mass is 670 g/mol. The molecule has 3 aromatic rings. The van der Waals surface area contributed by atoms with Crippen LogP contribution < -0.4 is 10.6 Å². The van der Waals surface area contributed by atoms with Gasteiger partial charge in [-0.2, -0.15) is 0 Å². The Labute approximate surface area is 277 Å². The Bertz CT molecular complexity index is 1570. The molecule has 13 nitrogen and oxygen atoms in total. The van der Waals surface area contributed by atoms with E-state index in [-0.39, 0.29) is 43.3 Å². The number of anilines is 1. The van der Waals surface area contributed by atoms with Gasteiger partial charge in [0.25, 0.3) is 0 Å². The molecule has 0 aliphatic carbocycles. The number of hydrogen-bond donors (Lipinski definition) is 2. The summed E-state index contributed by atoms with van der Waals surface area (Å²) < 4.78 is 43.8. The highest BCUT2D eigenvalue weighted by molar-refractivity contribution is 5.83. The molecule has 2 N–H and O–H groups in total. The van der Waals surface area contributed by atoms with Gasteiger partial charge in [0.2, 0.25) is 11.8 Å². The van der Waals surface area contributed by atoms with E-state index in [0.29, 0.717) is 31.9 Å². The highest BCUT2D eigenvalue weighted by Crippen LogP contribution is 2.22. The van der Waals surface area contributed by atoms with E-state index in [9.17, 15) is 28.0 Å². The van der Waals surface area contributed by atoms with Crippen molar-refractivity contribution < 1.29 is 42.0 Å². The average Bonchev–Trinajstić information content (AvgIpc) is 3.53. The number of piperazine rings is 1. The molecule has 1 saturated heterocycles. The Morgan fingerprint density at radius 1 is 1.00 bits per heavy atom. The first-order valence-corrected chi connectivity index (χ1v) is 15.5. The van der Waals surface area contributed by atoms with Crippen LogP contribution in [0.25, 0.3) is 11.3 Å². The molecule has 1 aliphatic rings. The zero-order valence-corrected chi connectivity index (χ0v) is 27.3. The van der Waals surface area contributed by atoms with E-state index in [1.54, 1.807) is 30.6 Å². The molecular formula is C33H40F2N6O7. The second-order valence-corrected chi connectivity index (χ2v) is 12.2. The van der Waals surface area contributed by atoms with Crippen LogP contribution in [-0.4, -0.2) is 95.5 Å². The number of aromatic nitrogens is 1. The number of ether oxygens (including phenoxy) is 2. The molecule has 4 rings (SSSR count). The molecule has 48 heavy (non-hydrogen) atoms. The molecule has 258 valence electrons. The summed E-state index contributed by atoms with van der Waals surface area (Å²) in [4.78, 5) is 55.6. The smallest absolute Gasteiger partial charge is 0.414 e. The van der Waals surface area contributed by atoms with E-state index in [0.717, 1.165) is 11.6 Å². The molecule has 2 aromatic carbocycles. The van der Waals surface area contributed by atoms with Gasteiger partial charge in [-0.15, -0.1) is 0 Å². The fourth-order valence-corrected chi connectivity index (χ4v) is 4.84. The third-order valence-electron chi connectivity index (χ3n) is 7.52. The lowest BCUT2D eigenvalue weighted by molar-refractivity contribution is -0.133. The van der Waals surface area contributed by atoms with Gasteiger partial charge in [0.05, 0.1) is 6.04 Å². The minimum absolute atomic E-state index is 0.000761. The zero-order valence-electron chi connectivity index (χ0n) is 27.3. The van der Waals surface area contributed by atoms with Crippen molar-refractivity contribution in [1.29, 1.82) is 0 Å². The summed E-state index contributed by atoms with van der Waals surface area (Å²) in [7, 11) is 1.44. The molecule has 15 heteroatoms. The number of carbonyl (C=O) groups is 4. The number of benzene rings is 2. The molecule has 0 bridgehead atoms. The van der Waals surface area contributed by atoms with Gasteiger partial charge in [0, 0.05) is 63.4 Å². The van der Waals surface area contributed by atoms with E-state index >= 15 is 0 Å². The number of hydrogen-bond acceptors (Lipinski definition) is 8. The third-order valence-corrected chi connectivity index (χ3v) is 7.52. The Morgan fingerprint density at radius 3 is 2.38 bits per heavy atom. The second-order valence-electron chi connectivity index (χ2n) is 12.2. The lowest BCUT2D eigenvalue weighted by Crippen LogP contribution is -2.52. The molecule has 1 fully saturated rings. The van der Waals surface area contributed by atoms with Crippen LogP contribution in [-0.2, 0) is 20.8 Å². The second kappa shape index (κ2) is 16.1. The average molecular weight is 671 g/mol. The first kappa shape index (κ1) is 35.6. The maximum Gasteiger partial charge on any atom is 0.414 e. The van der Waals surface area contributed by atoms with Gasteiger partial charge < -0.3 is 34.0 Å². The summed E-state index contributed by atoms with van der Waals surface area (Å²) in [5.74, 6) is -2.28. The fourth-order valence-electron chi connectivity index (χ4n) is 4.84. The van der Waals surface area contributed by atoms with E-state index < -0.39 is 41.5 Å². The van der Waals surface area contributed by atoms with Crippen molar-refractivity contribution in [3.8, 4) is 11.3 Å². The largest absolute Gasteiger partial charge is 0.447 e. The molecule has 5 amide bonds. The van der Waals surface area contributed by atoms with Crippen molar-refractivity contribution in [1.82, 2.24) is 25.2 Å². The standard InChI is InChI=1S/C33H40F2N6O7/c1-33(2,3)47-32(45)41-17-15-40(16-18-41)28(42)14-13-24(39(4)30(43)36-20-23-11-8-12-25(34)29(23)35)21-46-31(44)37-27-19-26(38-48-27)22-9-6-5-7-10-22/h5-12,19,24H,13-18,20-21H2,1-4H3,(H,36,43)(H,37,44)/t24-/m0/s1. The topological polar surface area (TPSA) is 147 Å². The third kappa shape index (κ3) is 10.1. The van der Waals surface area contributed by atoms with Crippen LogP contribution in [0.1, 0.15) is 39.2 Å². The number of urea groups is 1. The Morgan fingerprint density at radius 2 is 1.69 bits per heavy atom.